The first-order valence-electron chi connectivity index (χ1n) is 8.23. The molecular weight excluding hydrogens is 332 g/mol. The summed E-state index contributed by atoms with van der Waals surface area (Å²) in [5.74, 6) is -0.881. The van der Waals surface area contributed by atoms with Crippen LogP contribution in [0.3, 0.4) is 0 Å². The number of anilines is 1. The van der Waals surface area contributed by atoms with Crippen molar-refractivity contribution in [3.8, 4) is 0 Å². The Hall–Kier alpha value is -1.47. The number of para-hydroxylation sites is 1. The molecule has 2 amide bonds. The zero-order valence-electron chi connectivity index (χ0n) is 13.2. The van der Waals surface area contributed by atoms with Crippen molar-refractivity contribution in [1.82, 2.24) is 4.90 Å². The van der Waals surface area contributed by atoms with Crippen molar-refractivity contribution >= 4 is 29.1 Å². The minimum atomic E-state index is -0.482. The van der Waals surface area contributed by atoms with Crippen molar-refractivity contribution in [3.63, 3.8) is 0 Å². The normalized spacial score (nSPS) is 27.4. The maximum atomic E-state index is 12.8. The molecule has 0 N–H and O–H groups in total. The van der Waals surface area contributed by atoms with Gasteiger partial charge in [0.1, 0.15) is 0 Å². The van der Waals surface area contributed by atoms with Crippen LogP contribution < -0.4 is 4.90 Å². The van der Waals surface area contributed by atoms with Crippen LogP contribution in [0.15, 0.2) is 24.3 Å². The van der Waals surface area contributed by atoms with E-state index in [1.54, 1.807) is 24.3 Å². The monoisotopic (exact) mass is 350 g/mol. The quantitative estimate of drug-likeness (QED) is 0.761. The number of hydrogen-bond donors (Lipinski definition) is 0. The first-order valence-corrected chi connectivity index (χ1v) is 8.61. The second kappa shape index (κ2) is 6.11. The highest BCUT2D eigenvalue weighted by molar-refractivity contribution is 6.36. The third-order valence-electron chi connectivity index (χ3n) is 5.03. The minimum absolute atomic E-state index is 0.193. The zero-order valence-corrected chi connectivity index (χ0v) is 14.0. The molecular formula is C17H19ClN2O4. The second-order valence-corrected chi connectivity index (χ2v) is 6.79. The topological polar surface area (TPSA) is 59.1 Å². The summed E-state index contributed by atoms with van der Waals surface area (Å²) in [6.07, 6.45) is 1.63. The number of ether oxygens (including phenoxy) is 2. The predicted molar refractivity (Wildman–Crippen MR) is 87.8 cm³/mol. The summed E-state index contributed by atoms with van der Waals surface area (Å²) in [5.41, 5.74) is 0.465. The molecule has 3 saturated heterocycles. The zero-order chi connectivity index (χ0) is 16.7. The van der Waals surface area contributed by atoms with Crippen molar-refractivity contribution in [3.05, 3.63) is 29.3 Å². The molecule has 4 rings (SSSR count). The molecule has 1 spiro atoms. The van der Waals surface area contributed by atoms with Gasteiger partial charge in [-0.3, -0.25) is 14.5 Å². The van der Waals surface area contributed by atoms with Gasteiger partial charge in [0.15, 0.2) is 5.79 Å². The van der Waals surface area contributed by atoms with Crippen LogP contribution >= 0.6 is 11.6 Å². The maximum Gasteiger partial charge on any atom is 0.251 e. The van der Waals surface area contributed by atoms with Gasteiger partial charge in [-0.05, 0) is 12.1 Å². The molecule has 1 aromatic rings. The van der Waals surface area contributed by atoms with Crippen LogP contribution in [0.25, 0.3) is 0 Å². The van der Waals surface area contributed by atoms with E-state index in [9.17, 15) is 9.59 Å². The summed E-state index contributed by atoms with van der Waals surface area (Å²) in [5, 5.41) is 0.408. The molecule has 0 aliphatic carbocycles. The molecule has 24 heavy (non-hydrogen) atoms. The van der Waals surface area contributed by atoms with Gasteiger partial charge in [-0.15, -0.1) is 0 Å². The number of nitrogens with zero attached hydrogens (tertiary/aromatic N) is 2. The highest BCUT2D eigenvalue weighted by atomic mass is 35.5. The first-order chi connectivity index (χ1) is 11.6. The SMILES string of the molecule is O=C1C[C@@H](N2CCC3(CC2)OCCO3)C(=O)N1c1ccccc1Cl. The number of carbonyl (C=O) groups is 2. The molecule has 1 atom stereocenters. The lowest BCUT2D eigenvalue weighted by molar-refractivity contribution is -0.188. The minimum Gasteiger partial charge on any atom is -0.347 e. The molecule has 3 heterocycles. The van der Waals surface area contributed by atoms with E-state index < -0.39 is 11.8 Å². The average molecular weight is 351 g/mol. The van der Waals surface area contributed by atoms with Crippen molar-refractivity contribution in [2.45, 2.75) is 31.1 Å². The summed E-state index contributed by atoms with van der Waals surface area (Å²) >= 11 is 6.16. The lowest BCUT2D eigenvalue weighted by Gasteiger charge is -2.39. The van der Waals surface area contributed by atoms with Crippen LogP contribution in [0.4, 0.5) is 5.69 Å². The van der Waals surface area contributed by atoms with Gasteiger partial charge in [0.2, 0.25) is 5.91 Å². The Morgan fingerprint density at radius 3 is 2.42 bits per heavy atom. The van der Waals surface area contributed by atoms with Crippen LogP contribution in [0.1, 0.15) is 19.3 Å². The average Bonchev–Trinajstić information content (AvgIpc) is 3.15. The summed E-state index contributed by atoms with van der Waals surface area (Å²) < 4.78 is 11.4. The van der Waals surface area contributed by atoms with E-state index in [0.29, 0.717) is 37.0 Å². The molecule has 0 aromatic heterocycles. The van der Waals surface area contributed by atoms with E-state index in [2.05, 4.69) is 4.90 Å². The number of imide groups is 1. The van der Waals surface area contributed by atoms with Crippen molar-refractivity contribution in [2.24, 2.45) is 0 Å². The van der Waals surface area contributed by atoms with Gasteiger partial charge in [0.25, 0.3) is 5.91 Å². The van der Waals surface area contributed by atoms with E-state index in [1.807, 2.05) is 0 Å². The number of likely N-dealkylation sites (tertiary alicyclic amines) is 1. The maximum absolute atomic E-state index is 12.8. The van der Waals surface area contributed by atoms with Gasteiger partial charge in [0.05, 0.1) is 36.4 Å². The lowest BCUT2D eigenvalue weighted by atomic mass is 10.0. The smallest absolute Gasteiger partial charge is 0.251 e. The second-order valence-electron chi connectivity index (χ2n) is 6.38. The van der Waals surface area contributed by atoms with E-state index in [0.717, 1.165) is 12.8 Å². The molecule has 128 valence electrons. The molecule has 0 unspecified atom stereocenters. The summed E-state index contributed by atoms with van der Waals surface area (Å²) in [6.45, 7) is 2.61. The van der Waals surface area contributed by atoms with Crippen LogP contribution in [-0.2, 0) is 19.1 Å². The Bertz CT molecular complexity index is 664. The van der Waals surface area contributed by atoms with Crippen LogP contribution in [0.2, 0.25) is 5.02 Å². The number of benzene rings is 1. The van der Waals surface area contributed by atoms with Gasteiger partial charge < -0.3 is 9.47 Å². The number of halogens is 1. The third kappa shape index (κ3) is 2.63. The molecule has 0 bridgehead atoms. The largest absolute Gasteiger partial charge is 0.347 e. The predicted octanol–water partition coefficient (Wildman–Crippen LogP) is 1.81. The van der Waals surface area contributed by atoms with Gasteiger partial charge in [0, 0.05) is 25.9 Å². The van der Waals surface area contributed by atoms with Crippen LogP contribution in [-0.4, -0.2) is 54.8 Å². The summed E-state index contributed by atoms with van der Waals surface area (Å²) in [7, 11) is 0. The number of carbonyl (C=O) groups excluding carboxylic acids is 2. The van der Waals surface area contributed by atoms with Gasteiger partial charge in [-0.25, -0.2) is 4.90 Å². The number of piperidine rings is 1. The number of amides is 2. The molecule has 6 nitrogen and oxygen atoms in total. The Morgan fingerprint density at radius 2 is 1.75 bits per heavy atom. The molecule has 3 aliphatic heterocycles. The number of hydrogen-bond acceptors (Lipinski definition) is 5. The highest BCUT2D eigenvalue weighted by Gasteiger charge is 2.47. The van der Waals surface area contributed by atoms with Gasteiger partial charge >= 0.3 is 0 Å². The number of rotatable bonds is 2. The standard InChI is InChI=1S/C17H19ClN2O4/c18-12-3-1-2-4-13(12)20-15(21)11-14(16(20)22)19-7-5-17(6-8-19)23-9-10-24-17/h1-4,14H,5-11H2/t14-/m1/s1. The fourth-order valence-corrected chi connectivity index (χ4v) is 3.97. The molecule has 3 fully saturated rings. The van der Waals surface area contributed by atoms with Gasteiger partial charge in [-0.2, -0.15) is 0 Å². The Balaban J connectivity index is 1.49. The fraction of sp³-hybridized carbons (Fsp3) is 0.529. The van der Waals surface area contributed by atoms with Crippen molar-refractivity contribution in [2.75, 3.05) is 31.2 Å². The fourth-order valence-electron chi connectivity index (χ4n) is 3.75. The lowest BCUT2D eigenvalue weighted by Crippen LogP contribution is -2.51. The van der Waals surface area contributed by atoms with E-state index in [-0.39, 0.29) is 18.2 Å². The molecule has 0 saturated carbocycles. The third-order valence-corrected chi connectivity index (χ3v) is 5.35. The van der Waals surface area contributed by atoms with E-state index >= 15 is 0 Å². The van der Waals surface area contributed by atoms with Crippen LogP contribution in [0, 0.1) is 0 Å². The Morgan fingerprint density at radius 1 is 1.08 bits per heavy atom. The van der Waals surface area contributed by atoms with Gasteiger partial charge in [-0.1, -0.05) is 23.7 Å². The Kier molecular flexibility index (Phi) is 4.08. The molecule has 0 radical (unpaired) electrons. The molecule has 7 heteroatoms. The summed E-state index contributed by atoms with van der Waals surface area (Å²) in [4.78, 5) is 28.5. The molecule has 3 aliphatic rings. The summed E-state index contributed by atoms with van der Waals surface area (Å²) in [6, 6.07) is 6.51. The van der Waals surface area contributed by atoms with Crippen molar-refractivity contribution in [1.29, 1.82) is 0 Å². The van der Waals surface area contributed by atoms with E-state index in [4.69, 9.17) is 21.1 Å². The Labute approximate surface area is 145 Å². The highest BCUT2D eigenvalue weighted by Crippen LogP contribution is 2.35. The van der Waals surface area contributed by atoms with Crippen molar-refractivity contribution < 1.29 is 19.1 Å². The van der Waals surface area contributed by atoms with Crippen LogP contribution in [0.5, 0.6) is 0 Å². The molecule has 1 aromatic carbocycles. The van der Waals surface area contributed by atoms with E-state index in [1.165, 1.54) is 4.90 Å². The first kappa shape index (κ1) is 16.0.